The second kappa shape index (κ2) is 5.93. The summed E-state index contributed by atoms with van der Waals surface area (Å²) in [6.45, 7) is 0. The Morgan fingerprint density at radius 3 is 2.50 bits per heavy atom. The van der Waals surface area contributed by atoms with Crippen LogP contribution in [0.5, 0.6) is 0 Å². The van der Waals surface area contributed by atoms with Crippen molar-refractivity contribution in [3.63, 3.8) is 0 Å². The number of amides is 2. The van der Waals surface area contributed by atoms with Crippen LogP contribution in [-0.4, -0.2) is 11.8 Å². The largest absolute Gasteiger partial charge is 0.288 e. The van der Waals surface area contributed by atoms with Gasteiger partial charge in [0.1, 0.15) is 0 Å². The monoisotopic (exact) mass is 257 g/mol. The summed E-state index contributed by atoms with van der Waals surface area (Å²) in [4.78, 5) is 23.6. The second-order valence-electron chi connectivity index (χ2n) is 3.54. The zero-order valence-electron chi connectivity index (χ0n) is 9.50. The standard InChI is InChI=1S/C14H11NO2S/c16-13(9-8-11-5-2-1-3-6-11)15-14(17)12-7-4-10-18-12/h1-10H,(H,15,16,17)/b9-8+. The molecule has 0 saturated heterocycles. The quantitative estimate of drug-likeness (QED) is 0.859. The van der Waals surface area contributed by atoms with Gasteiger partial charge in [-0.15, -0.1) is 11.3 Å². The van der Waals surface area contributed by atoms with E-state index in [0.717, 1.165) is 5.56 Å². The minimum absolute atomic E-state index is 0.368. The van der Waals surface area contributed by atoms with E-state index >= 15 is 0 Å². The smallest absolute Gasteiger partial charge is 0.268 e. The number of benzene rings is 1. The molecule has 1 aromatic heterocycles. The van der Waals surface area contributed by atoms with Crippen LogP contribution in [0, 0.1) is 0 Å². The topological polar surface area (TPSA) is 46.2 Å². The van der Waals surface area contributed by atoms with Gasteiger partial charge in [0.25, 0.3) is 11.8 Å². The van der Waals surface area contributed by atoms with Gasteiger partial charge in [0.2, 0.25) is 0 Å². The minimum Gasteiger partial charge on any atom is -0.288 e. The predicted octanol–water partition coefficient (Wildman–Crippen LogP) is 2.72. The van der Waals surface area contributed by atoms with E-state index in [1.54, 1.807) is 23.6 Å². The molecule has 90 valence electrons. The molecule has 0 aliphatic heterocycles. The van der Waals surface area contributed by atoms with Gasteiger partial charge in [0.05, 0.1) is 4.88 Å². The molecule has 2 aromatic rings. The van der Waals surface area contributed by atoms with Crippen molar-refractivity contribution in [1.29, 1.82) is 0 Å². The van der Waals surface area contributed by atoms with Crippen LogP contribution in [0.4, 0.5) is 0 Å². The van der Waals surface area contributed by atoms with E-state index in [0.29, 0.717) is 4.88 Å². The van der Waals surface area contributed by atoms with E-state index in [2.05, 4.69) is 5.32 Å². The van der Waals surface area contributed by atoms with Crippen LogP contribution in [-0.2, 0) is 4.79 Å². The van der Waals surface area contributed by atoms with Crippen LogP contribution in [0.3, 0.4) is 0 Å². The molecule has 1 aromatic carbocycles. The van der Waals surface area contributed by atoms with Crippen LogP contribution < -0.4 is 5.32 Å². The number of hydrogen-bond donors (Lipinski definition) is 1. The summed E-state index contributed by atoms with van der Waals surface area (Å²) < 4.78 is 0. The van der Waals surface area contributed by atoms with E-state index in [1.807, 2.05) is 30.3 Å². The molecule has 0 aliphatic carbocycles. The maximum Gasteiger partial charge on any atom is 0.268 e. The molecule has 0 fully saturated rings. The lowest BCUT2D eigenvalue weighted by Crippen LogP contribution is -2.27. The molecular weight excluding hydrogens is 246 g/mol. The molecule has 2 rings (SSSR count). The maximum atomic E-state index is 11.6. The van der Waals surface area contributed by atoms with Gasteiger partial charge in [0, 0.05) is 6.08 Å². The number of carbonyl (C=O) groups excluding carboxylic acids is 2. The van der Waals surface area contributed by atoms with Gasteiger partial charge in [-0.2, -0.15) is 0 Å². The first kappa shape index (κ1) is 12.3. The van der Waals surface area contributed by atoms with Gasteiger partial charge in [-0.3, -0.25) is 14.9 Å². The Balaban J connectivity index is 1.93. The Morgan fingerprint density at radius 1 is 1.06 bits per heavy atom. The van der Waals surface area contributed by atoms with Crippen LogP contribution in [0.1, 0.15) is 15.2 Å². The summed E-state index contributed by atoms with van der Waals surface area (Å²) in [5, 5.41) is 4.09. The van der Waals surface area contributed by atoms with E-state index in [-0.39, 0.29) is 5.91 Å². The highest BCUT2D eigenvalue weighted by Gasteiger charge is 2.08. The molecule has 2 amide bonds. The van der Waals surface area contributed by atoms with Crippen LogP contribution in [0.15, 0.2) is 53.9 Å². The Bertz CT molecular complexity index is 559. The maximum absolute atomic E-state index is 11.6. The van der Waals surface area contributed by atoms with Gasteiger partial charge in [-0.25, -0.2) is 0 Å². The molecule has 0 bridgehead atoms. The lowest BCUT2D eigenvalue weighted by Gasteiger charge is -1.97. The summed E-state index contributed by atoms with van der Waals surface area (Å²) in [5.41, 5.74) is 0.913. The van der Waals surface area contributed by atoms with Gasteiger partial charge in [0.15, 0.2) is 0 Å². The van der Waals surface area contributed by atoms with Crippen molar-refractivity contribution in [2.24, 2.45) is 0 Å². The number of hydrogen-bond acceptors (Lipinski definition) is 3. The normalized spacial score (nSPS) is 10.4. The predicted molar refractivity (Wildman–Crippen MR) is 72.3 cm³/mol. The minimum atomic E-state index is -0.419. The van der Waals surface area contributed by atoms with Crippen LogP contribution in [0.2, 0.25) is 0 Å². The molecule has 0 atom stereocenters. The highest BCUT2D eigenvalue weighted by atomic mass is 32.1. The van der Waals surface area contributed by atoms with Gasteiger partial charge < -0.3 is 0 Å². The third-order valence-electron chi connectivity index (χ3n) is 2.21. The number of thiophene rings is 1. The Morgan fingerprint density at radius 2 is 1.83 bits per heavy atom. The first-order valence-electron chi connectivity index (χ1n) is 5.37. The van der Waals surface area contributed by atoms with Crippen LogP contribution >= 0.6 is 11.3 Å². The Labute approximate surface area is 109 Å². The SMILES string of the molecule is O=C(/C=C/c1ccccc1)NC(=O)c1cccs1. The molecule has 0 spiro atoms. The first-order valence-corrected chi connectivity index (χ1v) is 6.25. The third-order valence-corrected chi connectivity index (χ3v) is 3.08. The molecule has 0 saturated carbocycles. The summed E-state index contributed by atoms with van der Waals surface area (Å²) >= 11 is 1.30. The van der Waals surface area contributed by atoms with Crippen molar-refractivity contribution in [3.8, 4) is 0 Å². The molecular formula is C14H11NO2S. The van der Waals surface area contributed by atoms with Gasteiger partial charge in [-0.1, -0.05) is 36.4 Å². The molecule has 3 nitrogen and oxygen atoms in total. The van der Waals surface area contributed by atoms with E-state index in [1.165, 1.54) is 17.4 Å². The lowest BCUT2D eigenvalue weighted by molar-refractivity contribution is -0.115. The van der Waals surface area contributed by atoms with Crippen molar-refractivity contribution < 1.29 is 9.59 Å². The van der Waals surface area contributed by atoms with Gasteiger partial charge >= 0.3 is 0 Å². The van der Waals surface area contributed by atoms with Crippen molar-refractivity contribution in [2.75, 3.05) is 0 Å². The molecule has 4 heteroatoms. The Hall–Kier alpha value is -2.20. The highest BCUT2D eigenvalue weighted by molar-refractivity contribution is 7.12. The molecule has 1 N–H and O–H groups in total. The number of imide groups is 1. The molecule has 18 heavy (non-hydrogen) atoms. The van der Waals surface area contributed by atoms with Crippen molar-refractivity contribution in [2.45, 2.75) is 0 Å². The fourth-order valence-electron chi connectivity index (χ4n) is 1.36. The Kier molecular flexibility index (Phi) is 4.04. The fraction of sp³-hybridized carbons (Fsp3) is 0. The second-order valence-corrected chi connectivity index (χ2v) is 4.49. The molecule has 0 radical (unpaired) electrons. The summed E-state index contributed by atoms with van der Waals surface area (Å²) in [5.74, 6) is -0.787. The average molecular weight is 257 g/mol. The summed E-state index contributed by atoms with van der Waals surface area (Å²) in [6, 6.07) is 12.9. The van der Waals surface area contributed by atoms with Crippen LogP contribution in [0.25, 0.3) is 6.08 Å². The van der Waals surface area contributed by atoms with E-state index in [4.69, 9.17) is 0 Å². The molecule has 0 aliphatic rings. The molecule has 1 heterocycles. The lowest BCUT2D eigenvalue weighted by atomic mass is 10.2. The van der Waals surface area contributed by atoms with E-state index < -0.39 is 5.91 Å². The zero-order chi connectivity index (χ0) is 12.8. The fourth-order valence-corrected chi connectivity index (χ4v) is 1.98. The molecule has 0 unspecified atom stereocenters. The number of nitrogens with one attached hydrogen (secondary N) is 1. The third kappa shape index (κ3) is 3.40. The highest BCUT2D eigenvalue weighted by Crippen LogP contribution is 2.07. The van der Waals surface area contributed by atoms with Gasteiger partial charge in [-0.05, 0) is 23.1 Å². The average Bonchev–Trinajstić information content (AvgIpc) is 2.91. The number of rotatable bonds is 3. The zero-order valence-corrected chi connectivity index (χ0v) is 10.3. The number of carbonyl (C=O) groups is 2. The summed E-state index contributed by atoms with van der Waals surface area (Å²) in [7, 11) is 0. The summed E-state index contributed by atoms with van der Waals surface area (Å²) in [6.07, 6.45) is 3.01. The van der Waals surface area contributed by atoms with Crippen molar-refractivity contribution >= 4 is 29.2 Å². The first-order chi connectivity index (χ1) is 8.75. The van der Waals surface area contributed by atoms with Crippen molar-refractivity contribution in [1.82, 2.24) is 5.32 Å². The van der Waals surface area contributed by atoms with E-state index in [9.17, 15) is 9.59 Å². The van der Waals surface area contributed by atoms with Crippen molar-refractivity contribution in [3.05, 3.63) is 64.4 Å².